The third kappa shape index (κ3) is 4.78. The molecule has 2 saturated heterocycles. The zero-order chi connectivity index (χ0) is 18.6. The summed E-state index contributed by atoms with van der Waals surface area (Å²) in [6.45, 7) is 3.06. The van der Waals surface area contributed by atoms with Crippen LogP contribution in [-0.2, 0) is 14.6 Å². The predicted octanol–water partition coefficient (Wildman–Crippen LogP) is 2.03. The van der Waals surface area contributed by atoms with Crippen molar-refractivity contribution in [2.75, 3.05) is 43.4 Å². The summed E-state index contributed by atoms with van der Waals surface area (Å²) in [4.78, 5) is 17.0. The number of sulfone groups is 1. The van der Waals surface area contributed by atoms with Gasteiger partial charge < -0.3 is 4.90 Å². The monoisotopic (exact) mass is 400 g/mol. The molecule has 0 radical (unpaired) electrons. The minimum Gasteiger partial charge on any atom is -0.340 e. The number of carbonyl (C=O) groups excluding carboxylic acids is 1. The lowest BCUT2D eigenvalue weighted by Crippen LogP contribution is -2.48. The van der Waals surface area contributed by atoms with Crippen LogP contribution >= 0.6 is 11.8 Å². The van der Waals surface area contributed by atoms with Gasteiger partial charge in [-0.2, -0.15) is 11.8 Å². The minimum atomic E-state index is -3.42. The second-order valence-electron chi connectivity index (χ2n) is 6.76. The summed E-state index contributed by atoms with van der Waals surface area (Å²) in [7, 11) is -3.42. The molecule has 3 rings (SSSR count). The first-order valence-electron chi connectivity index (χ1n) is 9.06. The highest BCUT2D eigenvalue weighted by molar-refractivity contribution is 7.99. The third-order valence-corrected chi connectivity index (χ3v) is 7.76. The van der Waals surface area contributed by atoms with E-state index >= 15 is 0 Å². The number of thioether (sulfide) groups is 1. The van der Waals surface area contributed by atoms with E-state index in [4.69, 9.17) is 0 Å². The van der Waals surface area contributed by atoms with Gasteiger partial charge in [-0.25, -0.2) is 12.8 Å². The maximum Gasteiger partial charge on any atom is 0.239 e. The van der Waals surface area contributed by atoms with Crippen molar-refractivity contribution < 1.29 is 17.6 Å². The summed E-state index contributed by atoms with van der Waals surface area (Å²) < 4.78 is 37.7. The summed E-state index contributed by atoms with van der Waals surface area (Å²) in [6, 6.07) is 4.84. The van der Waals surface area contributed by atoms with Gasteiger partial charge in [0.15, 0.2) is 9.84 Å². The summed E-state index contributed by atoms with van der Waals surface area (Å²) in [5, 5.41) is 0. The zero-order valence-corrected chi connectivity index (χ0v) is 16.4. The quantitative estimate of drug-likeness (QED) is 0.684. The first kappa shape index (κ1) is 19.6. The Morgan fingerprint density at radius 3 is 2.54 bits per heavy atom. The smallest absolute Gasteiger partial charge is 0.239 e. The molecule has 5 nitrogen and oxygen atoms in total. The van der Waals surface area contributed by atoms with Crippen LogP contribution in [-0.4, -0.2) is 73.6 Å². The van der Waals surface area contributed by atoms with Gasteiger partial charge in [-0.05, 0) is 56.6 Å². The van der Waals surface area contributed by atoms with Gasteiger partial charge in [-0.3, -0.25) is 9.69 Å². The molecule has 0 spiro atoms. The molecule has 2 aliphatic rings. The van der Waals surface area contributed by atoms with Crippen LogP contribution in [0.4, 0.5) is 4.39 Å². The standard InChI is InChI=1S/C18H25FN2O3S2/c19-15-4-6-16(7-5-15)26(23,24)14-2-9-20-8-1-3-17(20)18(22)21-10-12-25-13-11-21/h4-7,17H,1-3,8-14H2. The fraction of sp³-hybridized carbons (Fsp3) is 0.611. The van der Waals surface area contributed by atoms with Gasteiger partial charge in [0.1, 0.15) is 5.82 Å². The highest BCUT2D eigenvalue weighted by Gasteiger charge is 2.33. The van der Waals surface area contributed by atoms with Crippen LogP contribution in [0.2, 0.25) is 0 Å². The van der Waals surface area contributed by atoms with Gasteiger partial charge in [-0.1, -0.05) is 0 Å². The van der Waals surface area contributed by atoms with Crippen LogP contribution in [0, 0.1) is 5.82 Å². The predicted molar refractivity (Wildman–Crippen MR) is 102 cm³/mol. The Balaban J connectivity index is 1.53. The molecule has 0 N–H and O–H groups in total. The zero-order valence-electron chi connectivity index (χ0n) is 14.8. The van der Waals surface area contributed by atoms with E-state index in [0.717, 1.165) is 44.0 Å². The molecule has 144 valence electrons. The number of nitrogens with zero attached hydrogens (tertiary/aromatic N) is 2. The summed E-state index contributed by atoms with van der Waals surface area (Å²) in [5.41, 5.74) is 0. The number of carbonyl (C=O) groups is 1. The van der Waals surface area contributed by atoms with Crippen LogP contribution in [0.5, 0.6) is 0 Å². The van der Waals surface area contributed by atoms with Crippen molar-refractivity contribution in [3.63, 3.8) is 0 Å². The molecule has 1 aromatic rings. The van der Waals surface area contributed by atoms with Crippen molar-refractivity contribution in [2.24, 2.45) is 0 Å². The maximum atomic E-state index is 13.0. The largest absolute Gasteiger partial charge is 0.340 e. The van der Waals surface area contributed by atoms with E-state index < -0.39 is 15.7 Å². The number of amides is 1. The van der Waals surface area contributed by atoms with Crippen molar-refractivity contribution >= 4 is 27.5 Å². The summed E-state index contributed by atoms with van der Waals surface area (Å²) in [5.74, 6) is 1.75. The number of halogens is 1. The Bertz CT molecular complexity index is 718. The molecule has 0 bridgehead atoms. The average Bonchev–Trinajstić information content (AvgIpc) is 3.10. The Morgan fingerprint density at radius 2 is 1.85 bits per heavy atom. The van der Waals surface area contributed by atoms with E-state index in [1.165, 1.54) is 24.3 Å². The molecular weight excluding hydrogens is 375 g/mol. The number of rotatable bonds is 6. The molecule has 8 heteroatoms. The molecule has 1 atom stereocenters. The van der Waals surface area contributed by atoms with E-state index in [1.54, 1.807) is 0 Å². The second kappa shape index (κ2) is 8.71. The van der Waals surface area contributed by atoms with Crippen molar-refractivity contribution in [2.45, 2.75) is 30.2 Å². The van der Waals surface area contributed by atoms with Gasteiger partial charge in [0, 0.05) is 24.6 Å². The van der Waals surface area contributed by atoms with E-state index in [-0.39, 0.29) is 22.6 Å². The molecular formula is C18H25FN2O3S2. The molecule has 26 heavy (non-hydrogen) atoms. The number of likely N-dealkylation sites (tertiary alicyclic amines) is 1. The highest BCUT2D eigenvalue weighted by Crippen LogP contribution is 2.22. The molecule has 0 saturated carbocycles. The van der Waals surface area contributed by atoms with Crippen LogP contribution in [0.3, 0.4) is 0 Å². The first-order valence-corrected chi connectivity index (χ1v) is 11.9. The normalized spacial score (nSPS) is 21.9. The van der Waals surface area contributed by atoms with E-state index in [9.17, 15) is 17.6 Å². The van der Waals surface area contributed by atoms with E-state index in [1.807, 2.05) is 16.7 Å². The highest BCUT2D eigenvalue weighted by atomic mass is 32.2. The Hall–Kier alpha value is -1.12. The molecule has 1 aromatic carbocycles. The van der Waals surface area contributed by atoms with Crippen molar-refractivity contribution in [3.8, 4) is 0 Å². The van der Waals surface area contributed by atoms with Crippen molar-refractivity contribution in [3.05, 3.63) is 30.1 Å². The topological polar surface area (TPSA) is 57.7 Å². The molecule has 1 amide bonds. The lowest BCUT2D eigenvalue weighted by Gasteiger charge is -2.32. The fourth-order valence-electron chi connectivity index (χ4n) is 3.59. The average molecular weight is 401 g/mol. The van der Waals surface area contributed by atoms with Gasteiger partial charge in [-0.15, -0.1) is 0 Å². The molecule has 2 heterocycles. The van der Waals surface area contributed by atoms with E-state index in [0.29, 0.717) is 13.0 Å². The van der Waals surface area contributed by atoms with Gasteiger partial charge in [0.25, 0.3) is 0 Å². The van der Waals surface area contributed by atoms with Crippen molar-refractivity contribution in [1.29, 1.82) is 0 Å². The number of benzene rings is 1. The Morgan fingerprint density at radius 1 is 1.15 bits per heavy atom. The summed E-state index contributed by atoms with van der Waals surface area (Å²) >= 11 is 1.88. The Kier molecular flexibility index (Phi) is 6.58. The van der Waals surface area contributed by atoms with Gasteiger partial charge in [0.05, 0.1) is 16.7 Å². The molecule has 2 fully saturated rings. The van der Waals surface area contributed by atoms with Gasteiger partial charge >= 0.3 is 0 Å². The molecule has 2 aliphatic heterocycles. The van der Waals surface area contributed by atoms with Crippen LogP contribution in [0.1, 0.15) is 19.3 Å². The Labute approximate surface area is 158 Å². The third-order valence-electron chi connectivity index (χ3n) is 5.00. The lowest BCUT2D eigenvalue weighted by molar-refractivity contribution is -0.135. The summed E-state index contributed by atoms with van der Waals surface area (Å²) in [6.07, 6.45) is 2.30. The minimum absolute atomic E-state index is 0.0103. The number of hydrogen-bond acceptors (Lipinski definition) is 5. The van der Waals surface area contributed by atoms with Gasteiger partial charge in [0.2, 0.25) is 5.91 Å². The first-order chi connectivity index (χ1) is 12.5. The molecule has 1 unspecified atom stereocenters. The SMILES string of the molecule is O=C(C1CCCN1CCCS(=O)(=O)c1ccc(F)cc1)N1CCSCC1. The molecule has 0 aliphatic carbocycles. The maximum absolute atomic E-state index is 13.0. The van der Waals surface area contributed by atoms with Crippen molar-refractivity contribution in [1.82, 2.24) is 9.80 Å². The van der Waals surface area contributed by atoms with Crippen LogP contribution in [0.25, 0.3) is 0 Å². The van der Waals surface area contributed by atoms with Crippen LogP contribution in [0.15, 0.2) is 29.2 Å². The fourth-order valence-corrected chi connectivity index (χ4v) is 5.78. The second-order valence-corrected chi connectivity index (χ2v) is 10.1. The van der Waals surface area contributed by atoms with Crippen LogP contribution < -0.4 is 0 Å². The molecule has 0 aromatic heterocycles. The number of hydrogen-bond donors (Lipinski definition) is 0. The lowest BCUT2D eigenvalue weighted by atomic mass is 10.2. The van der Waals surface area contributed by atoms with E-state index in [2.05, 4.69) is 4.90 Å².